The van der Waals surface area contributed by atoms with Gasteiger partial charge in [-0.15, -0.1) is 0 Å². The highest BCUT2D eigenvalue weighted by atomic mass is 79.9. The molecule has 24 heavy (non-hydrogen) atoms. The van der Waals surface area contributed by atoms with Crippen LogP contribution < -0.4 is 4.90 Å². The Bertz CT molecular complexity index is 595. The maximum Gasteiger partial charge on any atom is 0.261 e. The lowest BCUT2D eigenvalue weighted by molar-refractivity contribution is -0.163. The number of ether oxygens (including phenoxy) is 2. The number of nitrogens with zero attached hydrogens (tertiary/aromatic N) is 3. The van der Waals surface area contributed by atoms with Gasteiger partial charge in [-0.05, 0) is 47.7 Å². The molecule has 3 rings (SSSR count). The summed E-state index contributed by atoms with van der Waals surface area (Å²) in [5, 5.41) is 10.4. The standard InChI is InChI=1S/C16H22BrN3O4/c1-19-14-12(9-11(17)10-18-14)15(21)20(16(19)22)6-4-8-24-13-5-2-3-7-23-13/h9-10,13,16,22H,2-8H2,1H3. The third kappa shape index (κ3) is 3.72. The molecule has 132 valence electrons. The smallest absolute Gasteiger partial charge is 0.261 e. The second-order valence-electron chi connectivity index (χ2n) is 6.00. The van der Waals surface area contributed by atoms with Crippen LogP contribution in [0.1, 0.15) is 36.0 Å². The number of amides is 1. The largest absolute Gasteiger partial charge is 0.356 e. The van der Waals surface area contributed by atoms with E-state index in [-0.39, 0.29) is 12.2 Å². The van der Waals surface area contributed by atoms with Crippen molar-refractivity contribution < 1.29 is 19.4 Å². The van der Waals surface area contributed by atoms with E-state index < -0.39 is 6.35 Å². The molecule has 2 aliphatic heterocycles. The summed E-state index contributed by atoms with van der Waals surface area (Å²) in [6, 6.07) is 1.73. The topological polar surface area (TPSA) is 75.1 Å². The number of carbonyl (C=O) groups is 1. The van der Waals surface area contributed by atoms with Crippen molar-refractivity contribution >= 4 is 27.7 Å². The molecule has 0 aliphatic carbocycles. The van der Waals surface area contributed by atoms with Gasteiger partial charge in [0.15, 0.2) is 6.29 Å². The second kappa shape index (κ2) is 7.77. The van der Waals surface area contributed by atoms with Gasteiger partial charge in [0.1, 0.15) is 5.82 Å². The van der Waals surface area contributed by atoms with Gasteiger partial charge in [0.25, 0.3) is 5.91 Å². The van der Waals surface area contributed by atoms with E-state index in [1.165, 1.54) is 4.90 Å². The van der Waals surface area contributed by atoms with E-state index in [2.05, 4.69) is 20.9 Å². The lowest BCUT2D eigenvalue weighted by Gasteiger charge is -2.39. The van der Waals surface area contributed by atoms with Gasteiger partial charge in [-0.1, -0.05) is 0 Å². The van der Waals surface area contributed by atoms with Crippen LogP contribution in [0.25, 0.3) is 0 Å². The Morgan fingerprint density at radius 3 is 3.08 bits per heavy atom. The summed E-state index contributed by atoms with van der Waals surface area (Å²) in [6.45, 7) is 1.65. The first-order valence-electron chi connectivity index (χ1n) is 8.18. The summed E-state index contributed by atoms with van der Waals surface area (Å²) < 4.78 is 11.9. The van der Waals surface area contributed by atoms with E-state index >= 15 is 0 Å². The Kier molecular flexibility index (Phi) is 5.70. The molecular formula is C16H22BrN3O4. The second-order valence-corrected chi connectivity index (χ2v) is 6.92. The number of hydrogen-bond acceptors (Lipinski definition) is 6. The minimum absolute atomic E-state index is 0.135. The number of aliphatic hydroxyl groups excluding tert-OH is 1. The quantitative estimate of drug-likeness (QED) is 0.762. The van der Waals surface area contributed by atoms with Crippen molar-refractivity contribution in [1.29, 1.82) is 0 Å². The van der Waals surface area contributed by atoms with Crippen LogP contribution in [0.5, 0.6) is 0 Å². The first-order chi connectivity index (χ1) is 11.6. The molecule has 1 aromatic rings. The van der Waals surface area contributed by atoms with Crippen molar-refractivity contribution in [1.82, 2.24) is 9.88 Å². The number of aromatic nitrogens is 1. The molecule has 2 atom stereocenters. The maximum absolute atomic E-state index is 12.6. The van der Waals surface area contributed by atoms with Crippen LogP contribution in [0.15, 0.2) is 16.7 Å². The van der Waals surface area contributed by atoms with Gasteiger partial charge in [-0.2, -0.15) is 0 Å². The van der Waals surface area contributed by atoms with E-state index in [4.69, 9.17) is 9.47 Å². The van der Waals surface area contributed by atoms with Crippen LogP contribution in [-0.4, -0.2) is 60.3 Å². The molecule has 0 spiro atoms. The Labute approximate surface area is 149 Å². The number of rotatable bonds is 5. The average molecular weight is 400 g/mol. The fraction of sp³-hybridized carbons (Fsp3) is 0.625. The molecule has 1 fully saturated rings. The zero-order chi connectivity index (χ0) is 17.1. The summed E-state index contributed by atoms with van der Waals surface area (Å²) >= 11 is 3.33. The molecule has 0 bridgehead atoms. The number of pyridine rings is 1. The number of aliphatic hydroxyl groups is 1. The van der Waals surface area contributed by atoms with E-state index in [0.717, 1.165) is 30.3 Å². The highest BCUT2D eigenvalue weighted by Crippen LogP contribution is 2.29. The van der Waals surface area contributed by atoms with E-state index in [0.29, 0.717) is 31.0 Å². The molecule has 1 saturated heterocycles. The minimum Gasteiger partial charge on any atom is -0.356 e. The van der Waals surface area contributed by atoms with E-state index in [1.807, 2.05) is 0 Å². The molecule has 0 aromatic carbocycles. The highest BCUT2D eigenvalue weighted by molar-refractivity contribution is 9.10. The fourth-order valence-electron chi connectivity index (χ4n) is 2.96. The number of halogens is 1. The number of hydrogen-bond donors (Lipinski definition) is 1. The normalized spacial score (nSPS) is 24.2. The van der Waals surface area contributed by atoms with Crippen molar-refractivity contribution in [3.05, 3.63) is 22.3 Å². The van der Waals surface area contributed by atoms with Gasteiger partial charge in [0.05, 0.1) is 12.2 Å². The highest BCUT2D eigenvalue weighted by Gasteiger charge is 2.35. The summed E-state index contributed by atoms with van der Waals surface area (Å²) in [5.74, 6) is 0.261. The number of carbonyl (C=O) groups excluding carboxylic acids is 1. The Morgan fingerprint density at radius 2 is 2.33 bits per heavy atom. The monoisotopic (exact) mass is 399 g/mol. The number of fused-ring (bicyclic) bond motifs is 1. The summed E-state index contributed by atoms with van der Waals surface area (Å²) in [7, 11) is 1.72. The van der Waals surface area contributed by atoms with Crippen molar-refractivity contribution in [2.75, 3.05) is 31.7 Å². The SMILES string of the molecule is CN1c2ncc(Br)cc2C(=O)N(CCCOC2CCCCO2)C1O. The predicted octanol–water partition coefficient (Wildman–Crippen LogP) is 1.95. The lowest BCUT2D eigenvalue weighted by atomic mass is 10.1. The molecule has 8 heteroatoms. The van der Waals surface area contributed by atoms with Crippen molar-refractivity contribution in [3.8, 4) is 0 Å². The van der Waals surface area contributed by atoms with Gasteiger partial charge in [0, 0.05) is 30.9 Å². The van der Waals surface area contributed by atoms with Gasteiger partial charge < -0.3 is 19.5 Å². The van der Waals surface area contributed by atoms with Crippen LogP contribution >= 0.6 is 15.9 Å². The molecule has 3 heterocycles. The van der Waals surface area contributed by atoms with Gasteiger partial charge >= 0.3 is 0 Å². The number of anilines is 1. The molecule has 2 aliphatic rings. The summed E-state index contributed by atoms with van der Waals surface area (Å²) in [5.41, 5.74) is 0.480. The molecule has 1 amide bonds. The lowest BCUT2D eigenvalue weighted by Crippen LogP contribution is -2.54. The van der Waals surface area contributed by atoms with Crippen molar-refractivity contribution in [3.63, 3.8) is 0 Å². The molecule has 0 radical (unpaired) electrons. The average Bonchev–Trinajstić information content (AvgIpc) is 2.60. The fourth-order valence-corrected chi connectivity index (χ4v) is 3.29. The van der Waals surface area contributed by atoms with Gasteiger partial charge in [-0.3, -0.25) is 9.69 Å². The van der Waals surface area contributed by atoms with Crippen LogP contribution in [0.3, 0.4) is 0 Å². The van der Waals surface area contributed by atoms with Gasteiger partial charge in [-0.25, -0.2) is 4.98 Å². The van der Waals surface area contributed by atoms with Crippen LogP contribution in [-0.2, 0) is 9.47 Å². The first-order valence-corrected chi connectivity index (χ1v) is 8.98. The zero-order valence-electron chi connectivity index (χ0n) is 13.7. The summed E-state index contributed by atoms with van der Waals surface area (Å²) in [6.07, 6.45) is 4.22. The van der Waals surface area contributed by atoms with Crippen molar-refractivity contribution in [2.45, 2.75) is 38.3 Å². The van der Waals surface area contributed by atoms with Crippen LogP contribution in [0, 0.1) is 0 Å². The van der Waals surface area contributed by atoms with E-state index in [1.54, 1.807) is 24.2 Å². The molecule has 7 nitrogen and oxygen atoms in total. The van der Waals surface area contributed by atoms with E-state index in [9.17, 15) is 9.90 Å². The molecule has 0 saturated carbocycles. The Hall–Kier alpha value is -1.22. The van der Waals surface area contributed by atoms with Crippen molar-refractivity contribution in [2.24, 2.45) is 0 Å². The zero-order valence-corrected chi connectivity index (χ0v) is 15.2. The van der Waals surface area contributed by atoms with Crippen LogP contribution in [0.2, 0.25) is 0 Å². The molecular weight excluding hydrogens is 378 g/mol. The molecule has 1 aromatic heterocycles. The molecule has 1 N–H and O–H groups in total. The minimum atomic E-state index is -1.02. The molecule has 2 unspecified atom stereocenters. The predicted molar refractivity (Wildman–Crippen MR) is 91.5 cm³/mol. The van der Waals surface area contributed by atoms with Crippen LogP contribution in [0.4, 0.5) is 5.82 Å². The Balaban J connectivity index is 1.58. The summed E-state index contributed by atoms with van der Waals surface area (Å²) in [4.78, 5) is 19.9. The first kappa shape index (κ1) is 17.6. The third-order valence-electron chi connectivity index (χ3n) is 4.27. The Morgan fingerprint density at radius 1 is 1.50 bits per heavy atom. The van der Waals surface area contributed by atoms with Gasteiger partial charge in [0.2, 0.25) is 6.35 Å². The third-order valence-corrected chi connectivity index (χ3v) is 4.70. The maximum atomic E-state index is 12.6.